The van der Waals surface area contributed by atoms with Crippen molar-refractivity contribution in [2.45, 2.75) is 41.5 Å². The van der Waals surface area contributed by atoms with Crippen LogP contribution in [0.3, 0.4) is 0 Å². The molecule has 0 aromatic heterocycles. The molecule has 0 saturated carbocycles. The topological polar surface area (TPSA) is 49.4 Å². The van der Waals surface area contributed by atoms with Gasteiger partial charge in [-0.05, 0) is 41.5 Å². The molecule has 190 valence electrons. The standard InChI is InChI=1S/C34H34N4/c1-23-7-15-29(16-8-23)33(30-17-9-24(2)10-18-30)37-35-27(5)28(6)36-38-34(31-19-11-25(3)12-20-31)32-21-13-26(4)14-22-32/h7-22H,1-6H3/b35-27+,36-28+. The first-order chi connectivity index (χ1) is 18.3. The maximum atomic E-state index is 4.68. The summed E-state index contributed by atoms with van der Waals surface area (Å²) < 4.78 is 0. The van der Waals surface area contributed by atoms with Crippen LogP contribution >= 0.6 is 0 Å². The molecule has 0 N–H and O–H groups in total. The van der Waals surface area contributed by atoms with E-state index in [0.29, 0.717) is 11.4 Å². The first kappa shape index (κ1) is 26.6. The number of hydrogen-bond acceptors (Lipinski definition) is 4. The van der Waals surface area contributed by atoms with Gasteiger partial charge in [0.15, 0.2) is 0 Å². The van der Waals surface area contributed by atoms with Crippen molar-refractivity contribution in [1.29, 1.82) is 0 Å². The summed E-state index contributed by atoms with van der Waals surface area (Å²) in [6.45, 7) is 12.1. The van der Waals surface area contributed by atoms with Crippen LogP contribution in [0.4, 0.5) is 0 Å². The molecule has 0 aliphatic carbocycles. The molecule has 4 nitrogen and oxygen atoms in total. The maximum Gasteiger partial charge on any atom is 0.100 e. The predicted molar refractivity (Wildman–Crippen MR) is 162 cm³/mol. The number of benzene rings is 4. The molecule has 0 fully saturated rings. The molecule has 0 spiro atoms. The molecule has 0 saturated heterocycles. The molecule has 4 aromatic rings. The van der Waals surface area contributed by atoms with Crippen LogP contribution in [0.5, 0.6) is 0 Å². The average Bonchev–Trinajstić information content (AvgIpc) is 2.92. The van der Waals surface area contributed by atoms with E-state index >= 15 is 0 Å². The van der Waals surface area contributed by atoms with E-state index in [-0.39, 0.29) is 0 Å². The molecule has 4 rings (SSSR count). The average molecular weight is 499 g/mol. The Morgan fingerprint density at radius 2 is 0.553 bits per heavy atom. The highest BCUT2D eigenvalue weighted by Gasteiger charge is 2.09. The van der Waals surface area contributed by atoms with Gasteiger partial charge in [0.05, 0.1) is 11.4 Å². The molecule has 0 aliphatic rings. The molecule has 38 heavy (non-hydrogen) atoms. The Kier molecular flexibility index (Phi) is 8.55. The zero-order valence-corrected chi connectivity index (χ0v) is 23.0. The first-order valence-electron chi connectivity index (χ1n) is 12.8. The summed E-state index contributed by atoms with van der Waals surface area (Å²) >= 11 is 0. The van der Waals surface area contributed by atoms with Crippen LogP contribution < -0.4 is 0 Å². The fraction of sp³-hybridized carbons (Fsp3) is 0.176. The third-order valence-electron chi connectivity index (χ3n) is 6.42. The molecule has 4 heteroatoms. The minimum atomic E-state index is 0.706. The van der Waals surface area contributed by atoms with Crippen molar-refractivity contribution in [3.63, 3.8) is 0 Å². The van der Waals surface area contributed by atoms with E-state index < -0.39 is 0 Å². The fourth-order valence-corrected chi connectivity index (χ4v) is 3.80. The van der Waals surface area contributed by atoms with Gasteiger partial charge in [0.25, 0.3) is 0 Å². The number of nitrogens with zero attached hydrogens (tertiary/aromatic N) is 4. The van der Waals surface area contributed by atoms with Crippen LogP contribution in [0.15, 0.2) is 117 Å². The summed E-state index contributed by atoms with van der Waals surface area (Å²) in [6.07, 6.45) is 0. The van der Waals surface area contributed by atoms with Crippen molar-refractivity contribution < 1.29 is 0 Å². The molecule has 0 bridgehead atoms. The molecule has 0 unspecified atom stereocenters. The van der Waals surface area contributed by atoms with Gasteiger partial charge in [-0.1, -0.05) is 119 Å². The van der Waals surface area contributed by atoms with Gasteiger partial charge in [-0.3, -0.25) is 0 Å². The normalized spacial score (nSPS) is 11.7. The highest BCUT2D eigenvalue weighted by Crippen LogP contribution is 2.15. The van der Waals surface area contributed by atoms with E-state index in [1.807, 2.05) is 13.8 Å². The minimum Gasteiger partial charge on any atom is -0.153 e. The van der Waals surface area contributed by atoms with Gasteiger partial charge in [-0.15, -0.1) is 10.2 Å². The van der Waals surface area contributed by atoms with Crippen LogP contribution in [0.2, 0.25) is 0 Å². The van der Waals surface area contributed by atoms with Crippen molar-refractivity contribution >= 4 is 22.8 Å². The Morgan fingerprint density at radius 3 is 0.763 bits per heavy atom. The zero-order chi connectivity index (χ0) is 27.1. The predicted octanol–water partition coefficient (Wildman–Crippen LogP) is 8.05. The highest BCUT2D eigenvalue weighted by atomic mass is 15.2. The van der Waals surface area contributed by atoms with Crippen LogP contribution in [-0.4, -0.2) is 22.8 Å². The van der Waals surface area contributed by atoms with E-state index in [2.05, 4.69) is 145 Å². The van der Waals surface area contributed by atoms with Crippen molar-refractivity contribution in [1.82, 2.24) is 0 Å². The Hall–Kier alpha value is -4.44. The van der Waals surface area contributed by atoms with Crippen LogP contribution in [0.25, 0.3) is 0 Å². The Morgan fingerprint density at radius 1 is 0.342 bits per heavy atom. The van der Waals surface area contributed by atoms with Crippen molar-refractivity contribution in [3.05, 3.63) is 142 Å². The lowest BCUT2D eigenvalue weighted by molar-refractivity contribution is 1.20. The van der Waals surface area contributed by atoms with Crippen LogP contribution in [-0.2, 0) is 0 Å². The molecular weight excluding hydrogens is 464 g/mol. The van der Waals surface area contributed by atoms with Gasteiger partial charge in [-0.25, -0.2) is 0 Å². The van der Waals surface area contributed by atoms with E-state index in [1.54, 1.807) is 0 Å². The Bertz CT molecular complexity index is 1290. The largest absolute Gasteiger partial charge is 0.153 e. The Balaban J connectivity index is 1.71. The van der Waals surface area contributed by atoms with E-state index in [4.69, 9.17) is 0 Å². The minimum absolute atomic E-state index is 0.706. The van der Waals surface area contributed by atoms with Crippen molar-refractivity contribution in [2.75, 3.05) is 0 Å². The monoisotopic (exact) mass is 498 g/mol. The third kappa shape index (κ3) is 6.86. The lowest BCUT2D eigenvalue weighted by Gasteiger charge is -2.08. The van der Waals surface area contributed by atoms with Crippen molar-refractivity contribution in [3.8, 4) is 0 Å². The van der Waals surface area contributed by atoms with E-state index in [9.17, 15) is 0 Å². The fourth-order valence-electron chi connectivity index (χ4n) is 3.80. The van der Waals surface area contributed by atoms with E-state index in [0.717, 1.165) is 33.7 Å². The maximum absolute atomic E-state index is 4.68. The highest BCUT2D eigenvalue weighted by molar-refractivity contribution is 6.40. The quantitative estimate of drug-likeness (QED) is 0.183. The number of aryl methyl sites for hydroxylation is 4. The van der Waals surface area contributed by atoms with Crippen molar-refractivity contribution in [2.24, 2.45) is 20.4 Å². The van der Waals surface area contributed by atoms with Crippen LogP contribution in [0, 0.1) is 27.7 Å². The Labute approximate surface area is 226 Å². The molecule has 4 aromatic carbocycles. The molecule has 0 atom stereocenters. The van der Waals surface area contributed by atoms with Crippen LogP contribution in [0.1, 0.15) is 58.4 Å². The number of hydrogen-bond donors (Lipinski definition) is 0. The molecular formula is C34H34N4. The third-order valence-corrected chi connectivity index (χ3v) is 6.42. The summed E-state index contributed by atoms with van der Waals surface area (Å²) in [5, 5.41) is 18.5. The summed E-state index contributed by atoms with van der Waals surface area (Å²) in [6, 6.07) is 33.4. The number of rotatable bonds is 7. The smallest absolute Gasteiger partial charge is 0.100 e. The molecule has 0 aliphatic heterocycles. The lowest BCUT2D eigenvalue weighted by atomic mass is 10.0. The lowest BCUT2D eigenvalue weighted by Crippen LogP contribution is -2.08. The summed E-state index contributed by atoms with van der Waals surface area (Å²) in [7, 11) is 0. The zero-order valence-electron chi connectivity index (χ0n) is 23.0. The SMILES string of the molecule is CC(=N\N=C(c1ccc(C)cc1)c1ccc(C)cc1)/C(C)=N/N=C(c1ccc(C)cc1)c1ccc(C)cc1. The summed E-state index contributed by atoms with van der Waals surface area (Å²) in [5.74, 6) is 0. The van der Waals surface area contributed by atoms with Gasteiger partial charge in [0.1, 0.15) is 11.4 Å². The van der Waals surface area contributed by atoms with Gasteiger partial charge in [-0.2, -0.15) is 10.2 Å². The molecule has 0 heterocycles. The van der Waals surface area contributed by atoms with Gasteiger partial charge in [0.2, 0.25) is 0 Å². The second kappa shape index (κ2) is 12.2. The van der Waals surface area contributed by atoms with Gasteiger partial charge >= 0.3 is 0 Å². The summed E-state index contributed by atoms with van der Waals surface area (Å²) in [4.78, 5) is 0. The second-order valence-corrected chi connectivity index (χ2v) is 9.73. The van der Waals surface area contributed by atoms with Gasteiger partial charge in [0, 0.05) is 22.3 Å². The van der Waals surface area contributed by atoms with Gasteiger partial charge < -0.3 is 0 Å². The van der Waals surface area contributed by atoms with E-state index in [1.165, 1.54) is 22.3 Å². The summed E-state index contributed by atoms with van der Waals surface area (Å²) in [5.41, 5.74) is 11.9. The molecule has 0 amide bonds. The first-order valence-corrected chi connectivity index (χ1v) is 12.8. The molecule has 0 radical (unpaired) electrons. The second-order valence-electron chi connectivity index (χ2n) is 9.73.